The fourth-order valence-electron chi connectivity index (χ4n) is 4.11. The summed E-state index contributed by atoms with van der Waals surface area (Å²) in [6.07, 6.45) is 1.49. The van der Waals surface area contributed by atoms with Gasteiger partial charge in [0.15, 0.2) is 0 Å². The van der Waals surface area contributed by atoms with E-state index in [2.05, 4.69) is 18.2 Å². The zero-order valence-electron chi connectivity index (χ0n) is 16.9. The monoisotopic (exact) mass is 448 g/mol. The van der Waals surface area contributed by atoms with Gasteiger partial charge < -0.3 is 10.5 Å². The predicted octanol–water partition coefficient (Wildman–Crippen LogP) is 6.60. The fourth-order valence-corrected chi connectivity index (χ4v) is 4.66. The van der Waals surface area contributed by atoms with Gasteiger partial charge in [-0.2, -0.15) is 5.26 Å². The molecule has 5 heteroatoms. The Kier molecular flexibility index (Phi) is 6.63. The molecule has 0 aliphatic heterocycles. The molecule has 0 aromatic heterocycles. The number of halogens is 2. The van der Waals surface area contributed by atoms with Gasteiger partial charge in [-0.3, -0.25) is 0 Å². The summed E-state index contributed by atoms with van der Waals surface area (Å²) in [6.45, 7) is 0.449. The van der Waals surface area contributed by atoms with Crippen molar-refractivity contribution < 1.29 is 4.74 Å². The van der Waals surface area contributed by atoms with E-state index in [1.165, 1.54) is 16.7 Å². The van der Waals surface area contributed by atoms with E-state index in [4.69, 9.17) is 38.9 Å². The molecule has 1 aliphatic rings. The van der Waals surface area contributed by atoms with Crippen LogP contribution in [0.5, 0.6) is 5.75 Å². The molecule has 0 saturated carbocycles. The van der Waals surface area contributed by atoms with Gasteiger partial charge in [-0.1, -0.05) is 59.6 Å². The third-order valence-corrected chi connectivity index (χ3v) is 6.29. The van der Waals surface area contributed by atoms with Gasteiger partial charge in [0.25, 0.3) is 0 Å². The second kappa shape index (κ2) is 9.58. The van der Waals surface area contributed by atoms with Gasteiger partial charge in [0.1, 0.15) is 12.4 Å². The molecule has 0 spiro atoms. The summed E-state index contributed by atoms with van der Waals surface area (Å²) in [5.74, 6) is 0.828. The number of benzene rings is 3. The number of hydrogen-bond acceptors (Lipinski definition) is 3. The zero-order valence-corrected chi connectivity index (χ0v) is 18.4. The third-order valence-electron chi connectivity index (χ3n) is 5.73. The Morgan fingerprint density at radius 2 is 1.71 bits per heavy atom. The van der Waals surface area contributed by atoms with Crippen molar-refractivity contribution in [3.05, 3.63) is 105 Å². The summed E-state index contributed by atoms with van der Waals surface area (Å²) in [5, 5.41) is 10.2. The van der Waals surface area contributed by atoms with E-state index < -0.39 is 0 Å². The minimum Gasteiger partial charge on any atom is -0.489 e. The molecule has 156 valence electrons. The standard InChI is InChI=1S/C26H22Cl2N2O/c27-20-8-11-22(25(28)13-20)24-14-23(18-4-2-1-3-5-18)19(12-26(24)30)16-31-21-9-6-17(15-29)7-10-21/h1-11,13,24,26H,12,14,16,30H2. The fraction of sp³-hybridized carbons (Fsp3) is 0.192. The second-order valence-electron chi connectivity index (χ2n) is 7.72. The molecule has 2 atom stereocenters. The highest BCUT2D eigenvalue weighted by Crippen LogP contribution is 2.42. The smallest absolute Gasteiger partial charge is 0.119 e. The first-order valence-corrected chi connectivity index (χ1v) is 10.9. The molecular formula is C26H22Cl2N2O. The van der Waals surface area contributed by atoms with Crippen LogP contribution in [0.15, 0.2) is 78.4 Å². The van der Waals surface area contributed by atoms with Gasteiger partial charge in [-0.05, 0) is 71.5 Å². The summed E-state index contributed by atoms with van der Waals surface area (Å²) in [4.78, 5) is 0. The van der Waals surface area contributed by atoms with E-state index in [1.54, 1.807) is 18.2 Å². The maximum atomic E-state index is 8.98. The Morgan fingerprint density at radius 3 is 2.39 bits per heavy atom. The Hall–Kier alpha value is -2.77. The van der Waals surface area contributed by atoms with E-state index in [0.29, 0.717) is 28.6 Å². The van der Waals surface area contributed by atoms with Gasteiger partial charge >= 0.3 is 0 Å². The van der Waals surface area contributed by atoms with Crippen LogP contribution in [0, 0.1) is 11.3 Å². The normalized spacial score (nSPS) is 18.5. The number of allylic oxidation sites excluding steroid dienone is 1. The van der Waals surface area contributed by atoms with Crippen LogP contribution in [0.1, 0.15) is 35.4 Å². The van der Waals surface area contributed by atoms with Crippen LogP contribution in [-0.4, -0.2) is 12.6 Å². The summed E-state index contributed by atoms with van der Waals surface area (Å²) >= 11 is 12.6. The number of hydrogen-bond donors (Lipinski definition) is 1. The van der Waals surface area contributed by atoms with Crippen molar-refractivity contribution in [3.8, 4) is 11.8 Å². The Labute approximate surface area is 192 Å². The SMILES string of the molecule is N#Cc1ccc(OCC2=C(c3ccccc3)CC(c3ccc(Cl)cc3Cl)C(N)C2)cc1. The average molecular weight is 449 g/mol. The van der Waals surface area contributed by atoms with Crippen molar-refractivity contribution in [3.63, 3.8) is 0 Å². The van der Waals surface area contributed by atoms with Crippen LogP contribution in [0.2, 0.25) is 10.0 Å². The Balaban J connectivity index is 1.64. The average Bonchev–Trinajstić information content (AvgIpc) is 2.79. The molecule has 0 bridgehead atoms. The van der Waals surface area contributed by atoms with Crippen LogP contribution in [0.4, 0.5) is 0 Å². The molecule has 0 heterocycles. The molecule has 2 unspecified atom stereocenters. The number of rotatable bonds is 5. The molecule has 3 aromatic rings. The number of ether oxygens (including phenoxy) is 1. The van der Waals surface area contributed by atoms with Gasteiger partial charge in [-0.15, -0.1) is 0 Å². The molecule has 0 fully saturated rings. The summed E-state index contributed by atoms with van der Waals surface area (Å²) in [7, 11) is 0. The van der Waals surface area contributed by atoms with Crippen molar-refractivity contribution >= 4 is 28.8 Å². The van der Waals surface area contributed by atoms with E-state index in [0.717, 1.165) is 17.7 Å². The lowest BCUT2D eigenvalue weighted by Gasteiger charge is -2.34. The second-order valence-corrected chi connectivity index (χ2v) is 8.56. The third kappa shape index (κ3) is 4.94. The molecule has 3 nitrogen and oxygen atoms in total. The number of nitrogens with zero attached hydrogens (tertiary/aromatic N) is 1. The van der Waals surface area contributed by atoms with Crippen molar-refractivity contribution in [2.24, 2.45) is 5.73 Å². The minimum absolute atomic E-state index is 0.0781. The van der Waals surface area contributed by atoms with Crippen molar-refractivity contribution in [2.75, 3.05) is 6.61 Å². The van der Waals surface area contributed by atoms with Gasteiger partial charge in [0.2, 0.25) is 0 Å². The summed E-state index contributed by atoms with van der Waals surface area (Å²) in [6, 6.07) is 25.2. The summed E-state index contributed by atoms with van der Waals surface area (Å²) < 4.78 is 6.06. The van der Waals surface area contributed by atoms with Crippen LogP contribution in [0.25, 0.3) is 5.57 Å². The van der Waals surface area contributed by atoms with E-state index in [1.807, 2.05) is 42.5 Å². The molecule has 0 amide bonds. The van der Waals surface area contributed by atoms with Crippen LogP contribution < -0.4 is 10.5 Å². The largest absolute Gasteiger partial charge is 0.489 e. The van der Waals surface area contributed by atoms with Crippen LogP contribution >= 0.6 is 23.2 Å². The van der Waals surface area contributed by atoms with Crippen molar-refractivity contribution in [2.45, 2.75) is 24.8 Å². The van der Waals surface area contributed by atoms with E-state index in [-0.39, 0.29) is 12.0 Å². The molecule has 2 N–H and O–H groups in total. The van der Waals surface area contributed by atoms with Gasteiger partial charge in [-0.25, -0.2) is 0 Å². The lowest BCUT2D eigenvalue weighted by Crippen LogP contribution is -2.34. The molecule has 0 radical (unpaired) electrons. The topological polar surface area (TPSA) is 59.0 Å². The highest BCUT2D eigenvalue weighted by atomic mass is 35.5. The van der Waals surface area contributed by atoms with E-state index in [9.17, 15) is 0 Å². The summed E-state index contributed by atoms with van der Waals surface area (Å²) in [5.41, 5.74) is 11.9. The Morgan fingerprint density at radius 1 is 0.968 bits per heavy atom. The van der Waals surface area contributed by atoms with Crippen molar-refractivity contribution in [1.82, 2.24) is 0 Å². The maximum Gasteiger partial charge on any atom is 0.119 e. The zero-order chi connectivity index (χ0) is 21.8. The number of nitriles is 1. The van der Waals surface area contributed by atoms with Crippen molar-refractivity contribution in [1.29, 1.82) is 5.26 Å². The van der Waals surface area contributed by atoms with Crippen LogP contribution in [0.3, 0.4) is 0 Å². The minimum atomic E-state index is -0.0781. The van der Waals surface area contributed by atoms with Crippen LogP contribution in [-0.2, 0) is 0 Å². The highest BCUT2D eigenvalue weighted by molar-refractivity contribution is 6.35. The first-order chi connectivity index (χ1) is 15.0. The first kappa shape index (κ1) is 21.5. The quantitative estimate of drug-likeness (QED) is 0.477. The lowest BCUT2D eigenvalue weighted by atomic mass is 9.75. The lowest BCUT2D eigenvalue weighted by molar-refractivity contribution is 0.338. The van der Waals surface area contributed by atoms with Gasteiger partial charge in [0.05, 0.1) is 11.6 Å². The molecule has 4 rings (SSSR count). The number of nitrogens with two attached hydrogens (primary N) is 1. The van der Waals surface area contributed by atoms with Gasteiger partial charge in [0, 0.05) is 22.0 Å². The molecule has 3 aromatic carbocycles. The predicted molar refractivity (Wildman–Crippen MR) is 126 cm³/mol. The maximum absolute atomic E-state index is 8.98. The Bertz CT molecular complexity index is 1130. The molecule has 1 aliphatic carbocycles. The first-order valence-electron chi connectivity index (χ1n) is 10.1. The highest BCUT2D eigenvalue weighted by Gasteiger charge is 2.31. The molecule has 31 heavy (non-hydrogen) atoms. The van der Waals surface area contributed by atoms with E-state index >= 15 is 0 Å². The molecular weight excluding hydrogens is 427 g/mol. The molecule has 0 saturated heterocycles.